The summed E-state index contributed by atoms with van der Waals surface area (Å²) in [6.45, 7) is 1.93. The molecular formula is C17H15NO3S. The van der Waals surface area contributed by atoms with Crippen LogP contribution in [0.5, 0.6) is 0 Å². The number of rotatable bonds is 5. The van der Waals surface area contributed by atoms with Crippen LogP contribution < -0.4 is 0 Å². The Kier molecular flexibility index (Phi) is 5.49. The van der Waals surface area contributed by atoms with Gasteiger partial charge in [-0.2, -0.15) is 0 Å². The van der Waals surface area contributed by atoms with E-state index < -0.39 is 4.92 Å². The quantitative estimate of drug-likeness (QED) is 0.355. The average Bonchev–Trinajstić information content (AvgIpc) is 2.54. The number of hydrogen-bond donors (Lipinski definition) is 0. The highest BCUT2D eigenvalue weighted by Crippen LogP contribution is 2.25. The second kappa shape index (κ2) is 7.56. The predicted molar refractivity (Wildman–Crippen MR) is 90.5 cm³/mol. The van der Waals surface area contributed by atoms with E-state index in [0.717, 1.165) is 11.1 Å². The highest BCUT2D eigenvalue weighted by Gasteiger charge is 2.12. The van der Waals surface area contributed by atoms with Gasteiger partial charge in [0.2, 0.25) is 5.12 Å². The Morgan fingerprint density at radius 2 is 1.77 bits per heavy atom. The van der Waals surface area contributed by atoms with Gasteiger partial charge in [0.1, 0.15) is 0 Å². The molecule has 112 valence electrons. The van der Waals surface area contributed by atoms with Crippen molar-refractivity contribution in [3.05, 3.63) is 75.8 Å². The van der Waals surface area contributed by atoms with Crippen LogP contribution in [0.1, 0.15) is 18.1 Å². The number of benzene rings is 2. The number of nitrogens with zero attached hydrogens (tertiary/aromatic N) is 1. The molecular weight excluding hydrogens is 298 g/mol. The molecule has 2 rings (SSSR count). The summed E-state index contributed by atoms with van der Waals surface area (Å²) in [7, 11) is 0. The van der Waals surface area contributed by atoms with Gasteiger partial charge in [0.25, 0.3) is 5.69 Å². The fraction of sp³-hybridized carbons (Fsp3) is 0.118. The lowest BCUT2D eigenvalue weighted by Crippen LogP contribution is -1.97. The molecule has 0 fully saturated rings. The smallest absolute Gasteiger partial charge is 0.269 e. The lowest BCUT2D eigenvalue weighted by Gasteiger charge is -2.06. The molecule has 0 N–H and O–H groups in total. The topological polar surface area (TPSA) is 60.2 Å². The maximum Gasteiger partial charge on any atom is 0.269 e. The first kappa shape index (κ1) is 16.0. The largest absolute Gasteiger partial charge is 0.282 e. The van der Waals surface area contributed by atoms with Gasteiger partial charge in [-0.05, 0) is 35.1 Å². The summed E-state index contributed by atoms with van der Waals surface area (Å²) in [6, 6.07) is 15.6. The van der Waals surface area contributed by atoms with Gasteiger partial charge < -0.3 is 0 Å². The third-order valence-corrected chi connectivity index (χ3v) is 3.77. The van der Waals surface area contributed by atoms with Crippen molar-refractivity contribution in [1.82, 2.24) is 0 Å². The maximum absolute atomic E-state index is 12.3. The first-order valence-corrected chi connectivity index (χ1v) is 7.79. The van der Waals surface area contributed by atoms with Crippen molar-refractivity contribution >= 4 is 34.2 Å². The zero-order valence-electron chi connectivity index (χ0n) is 12.1. The molecule has 0 bridgehead atoms. The van der Waals surface area contributed by atoms with E-state index in [1.807, 2.05) is 37.3 Å². The number of non-ortho nitro benzene ring substituents is 1. The van der Waals surface area contributed by atoms with E-state index in [0.29, 0.717) is 11.3 Å². The molecule has 0 amide bonds. The van der Waals surface area contributed by atoms with Gasteiger partial charge in [0.15, 0.2) is 0 Å². The summed E-state index contributed by atoms with van der Waals surface area (Å²) in [5, 5.41) is 10.7. The number of nitro groups is 1. The summed E-state index contributed by atoms with van der Waals surface area (Å²) in [6.07, 6.45) is 1.77. The summed E-state index contributed by atoms with van der Waals surface area (Å²) in [5.74, 6) is 0.698. The standard InChI is InChI=1S/C17H15NO3S/c1-2-22-17(19)16(14-6-4-3-5-7-14)12-13-8-10-15(11-9-13)18(20)21/h3-12H,2H2,1H3/b16-12+. The van der Waals surface area contributed by atoms with Crippen LogP contribution in [-0.2, 0) is 4.79 Å². The Hall–Kier alpha value is -2.40. The van der Waals surface area contributed by atoms with Crippen LogP contribution in [0.4, 0.5) is 5.69 Å². The van der Waals surface area contributed by atoms with E-state index in [1.165, 1.54) is 23.9 Å². The zero-order valence-corrected chi connectivity index (χ0v) is 12.9. The average molecular weight is 313 g/mol. The number of nitro benzene ring substituents is 1. The van der Waals surface area contributed by atoms with Crippen molar-refractivity contribution in [1.29, 1.82) is 0 Å². The van der Waals surface area contributed by atoms with E-state index in [1.54, 1.807) is 18.2 Å². The summed E-state index contributed by atoms with van der Waals surface area (Å²) in [5.41, 5.74) is 2.23. The van der Waals surface area contributed by atoms with Crippen LogP contribution in [0.3, 0.4) is 0 Å². The van der Waals surface area contributed by atoms with Crippen LogP contribution in [0.25, 0.3) is 11.6 Å². The van der Waals surface area contributed by atoms with Crippen molar-refractivity contribution in [2.75, 3.05) is 5.75 Å². The minimum absolute atomic E-state index is 0.00736. The molecule has 2 aromatic rings. The van der Waals surface area contributed by atoms with Crippen LogP contribution in [0, 0.1) is 10.1 Å². The van der Waals surface area contributed by atoms with Gasteiger partial charge in [-0.3, -0.25) is 14.9 Å². The molecule has 4 nitrogen and oxygen atoms in total. The molecule has 0 radical (unpaired) electrons. The van der Waals surface area contributed by atoms with Gasteiger partial charge >= 0.3 is 0 Å². The van der Waals surface area contributed by atoms with Gasteiger partial charge in [-0.15, -0.1) is 0 Å². The molecule has 0 aliphatic rings. The zero-order chi connectivity index (χ0) is 15.9. The molecule has 0 unspecified atom stereocenters. The highest BCUT2D eigenvalue weighted by molar-refractivity contribution is 8.14. The molecule has 0 aliphatic heterocycles. The van der Waals surface area contributed by atoms with E-state index in [4.69, 9.17) is 0 Å². The first-order valence-electron chi connectivity index (χ1n) is 6.80. The second-order valence-electron chi connectivity index (χ2n) is 4.49. The number of thioether (sulfide) groups is 1. The van der Waals surface area contributed by atoms with Gasteiger partial charge in [-0.1, -0.05) is 49.0 Å². The third kappa shape index (κ3) is 4.05. The lowest BCUT2D eigenvalue weighted by molar-refractivity contribution is -0.384. The van der Waals surface area contributed by atoms with E-state index in [-0.39, 0.29) is 10.8 Å². The van der Waals surface area contributed by atoms with Crippen LogP contribution in [0.2, 0.25) is 0 Å². The van der Waals surface area contributed by atoms with E-state index in [9.17, 15) is 14.9 Å². The van der Waals surface area contributed by atoms with Crippen molar-refractivity contribution in [2.45, 2.75) is 6.92 Å². The van der Waals surface area contributed by atoms with Crippen molar-refractivity contribution in [3.63, 3.8) is 0 Å². The molecule has 0 spiro atoms. The van der Waals surface area contributed by atoms with Gasteiger partial charge in [0, 0.05) is 17.7 Å². The SMILES string of the molecule is CCSC(=O)/C(=C/c1ccc([N+](=O)[O-])cc1)c1ccccc1. The summed E-state index contributed by atoms with van der Waals surface area (Å²) >= 11 is 1.25. The van der Waals surface area contributed by atoms with Gasteiger partial charge in [-0.25, -0.2) is 0 Å². The fourth-order valence-corrected chi connectivity index (χ4v) is 2.54. The molecule has 5 heteroatoms. The lowest BCUT2D eigenvalue weighted by atomic mass is 10.0. The maximum atomic E-state index is 12.3. The highest BCUT2D eigenvalue weighted by atomic mass is 32.2. The molecule has 2 aromatic carbocycles. The van der Waals surface area contributed by atoms with Crippen molar-refractivity contribution in [2.24, 2.45) is 0 Å². The Bertz CT molecular complexity index is 694. The Morgan fingerprint density at radius 3 is 2.32 bits per heavy atom. The number of hydrogen-bond acceptors (Lipinski definition) is 4. The predicted octanol–water partition coefficient (Wildman–Crippen LogP) is 4.42. The van der Waals surface area contributed by atoms with E-state index in [2.05, 4.69) is 0 Å². The molecule has 0 saturated heterocycles. The van der Waals surface area contributed by atoms with Crippen LogP contribution in [0.15, 0.2) is 54.6 Å². The van der Waals surface area contributed by atoms with Gasteiger partial charge in [0.05, 0.1) is 4.92 Å². The van der Waals surface area contributed by atoms with Crippen molar-refractivity contribution in [3.8, 4) is 0 Å². The minimum atomic E-state index is -0.441. The van der Waals surface area contributed by atoms with Crippen LogP contribution in [-0.4, -0.2) is 15.8 Å². The third-order valence-electron chi connectivity index (χ3n) is 3.00. The summed E-state index contributed by atoms with van der Waals surface area (Å²) in [4.78, 5) is 22.6. The molecule has 0 heterocycles. The Labute approximate surface area is 133 Å². The van der Waals surface area contributed by atoms with E-state index >= 15 is 0 Å². The molecule has 0 saturated carbocycles. The second-order valence-corrected chi connectivity index (χ2v) is 5.73. The molecule has 0 aliphatic carbocycles. The minimum Gasteiger partial charge on any atom is -0.282 e. The first-order chi connectivity index (χ1) is 10.6. The number of carbonyl (C=O) groups is 1. The fourth-order valence-electron chi connectivity index (χ4n) is 1.95. The Morgan fingerprint density at radius 1 is 1.14 bits per heavy atom. The monoisotopic (exact) mass is 313 g/mol. The number of carbonyl (C=O) groups excluding carboxylic acids is 1. The molecule has 22 heavy (non-hydrogen) atoms. The summed E-state index contributed by atoms with van der Waals surface area (Å²) < 4.78 is 0. The molecule has 0 atom stereocenters. The van der Waals surface area contributed by atoms with Crippen molar-refractivity contribution < 1.29 is 9.72 Å². The molecule has 0 aromatic heterocycles. The Balaban J connectivity index is 2.39. The normalized spacial score (nSPS) is 11.2. The van der Waals surface area contributed by atoms with Crippen LogP contribution >= 0.6 is 11.8 Å².